The van der Waals surface area contributed by atoms with E-state index in [1.54, 1.807) is 4.90 Å². The fourth-order valence-electron chi connectivity index (χ4n) is 2.72. The number of amidine groups is 1. The standard InChI is InChI=1S/C18H27ClN4O2/c1-13-11-14(21-16(20)12-19)5-6-15(13)22-7-9-23(10-8-22)17(24)25-18(2,3)4/h5-6,11H,7-10,12H2,1-4H3,(H2,20,21). The fraction of sp³-hybridized carbons (Fsp3) is 0.556. The molecule has 0 saturated carbocycles. The zero-order valence-corrected chi connectivity index (χ0v) is 16.1. The molecule has 1 aromatic rings. The van der Waals surface area contributed by atoms with Gasteiger partial charge in [0.1, 0.15) is 11.4 Å². The lowest BCUT2D eigenvalue weighted by atomic mass is 10.1. The summed E-state index contributed by atoms with van der Waals surface area (Å²) >= 11 is 5.67. The van der Waals surface area contributed by atoms with Gasteiger partial charge in [-0.3, -0.25) is 0 Å². The summed E-state index contributed by atoms with van der Waals surface area (Å²) in [5.74, 6) is 0.618. The molecule has 0 bridgehead atoms. The molecule has 0 unspecified atom stereocenters. The first kappa shape index (κ1) is 19.4. The highest BCUT2D eigenvalue weighted by Crippen LogP contribution is 2.26. The molecule has 1 saturated heterocycles. The number of ether oxygens (including phenoxy) is 1. The van der Waals surface area contributed by atoms with Crippen molar-refractivity contribution in [1.29, 1.82) is 0 Å². The maximum absolute atomic E-state index is 12.1. The van der Waals surface area contributed by atoms with Crippen LogP contribution in [0.2, 0.25) is 0 Å². The van der Waals surface area contributed by atoms with Crippen LogP contribution in [-0.4, -0.2) is 54.5 Å². The number of nitrogens with zero attached hydrogens (tertiary/aromatic N) is 3. The number of anilines is 1. The number of carbonyl (C=O) groups is 1. The second kappa shape index (κ2) is 7.95. The van der Waals surface area contributed by atoms with Gasteiger partial charge in [-0.25, -0.2) is 9.79 Å². The van der Waals surface area contributed by atoms with Crippen LogP contribution in [0.15, 0.2) is 23.2 Å². The molecule has 6 nitrogen and oxygen atoms in total. The number of alkyl halides is 1. The van der Waals surface area contributed by atoms with Crippen LogP contribution in [0.1, 0.15) is 26.3 Å². The molecule has 138 valence electrons. The molecule has 0 spiro atoms. The average Bonchev–Trinajstić information content (AvgIpc) is 2.53. The monoisotopic (exact) mass is 366 g/mol. The number of carbonyl (C=O) groups excluding carboxylic acids is 1. The van der Waals surface area contributed by atoms with Crippen molar-refractivity contribution in [2.75, 3.05) is 37.0 Å². The first-order valence-corrected chi connectivity index (χ1v) is 8.95. The van der Waals surface area contributed by atoms with Crippen molar-refractivity contribution in [2.45, 2.75) is 33.3 Å². The first-order valence-electron chi connectivity index (χ1n) is 8.42. The fourth-order valence-corrected chi connectivity index (χ4v) is 2.78. The average molecular weight is 367 g/mol. The molecule has 2 N–H and O–H groups in total. The minimum absolute atomic E-state index is 0.216. The van der Waals surface area contributed by atoms with Gasteiger partial charge in [0.25, 0.3) is 0 Å². The van der Waals surface area contributed by atoms with Gasteiger partial charge in [0.05, 0.1) is 11.6 Å². The number of rotatable bonds is 3. The summed E-state index contributed by atoms with van der Waals surface area (Å²) in [6, 6.07) is 5.97. The van der Waals surface area contributed by atoms with Crippen molar-refractivity contribution in [3.8, 4) is 0 Å². The smallest absolute Gasteiger partial charge is 0.410 e. The van der Waals surface area contributed by atoms with E-state index in [1.807, 2.05) is 45.9 Å². The summed E-state index contributed by atoms with van der Waals surface area (Å²) < 4.78 is 5.44. The van der Waals surface area contributed by atoms with Crippen molar-refractivity contribution < 1.29 is 9.53 Å². The van der Waals surface area contributed by atoms with E-state index in [1.165, 1.54) is 0 Å². The topological polar surface area (TPSA) is 71.2 Å². The van der Waals surface area contributed by atoms with E-state index in [0.717, 1.165) is 30.0 Å². The number of benzene rings is 1. The van der Waals surface area contributed by atoms with Crippen LogP contribution < -0.4 is 10.6 Å². The highest BCUT2D eigenvalue weighted by Gasteiger charge is 2.26. The van der Waals surface area contributed by atoms with Gasteiger partial charge in [-0.1, -0.05) is 0 Å². The third kappa shape index (κ3) is 5.53. The molecule has 2 rings (SSSR count). The Morgan fingerprint density at radius 1 is 1.28 bits per heavy atom. The highest BCUT2D eigenvalue weighted by atomic mass is 35.5. The van der Waals surface area contributed by atoms with E-state index in [-0.39, 0.29) is 12.0 Å². The molecule has 0 atom stereocenters. The molecule has 7 heteroatoms. The zero-order chi connectivity index (χ0) is 18.6. The van der Waals surface area contributed by atoms with Crippen LogP contribution in [0.3, 0.4) is 0 Å². The van der Waals surface area contributed by atoms with E-state index < -0.39 is 5.60 Å². The Labute approximate surface area is 154 Å². The maximum Gasteiger partial charge on any atom is 0.410 e. The first-order chi connectivity index (χ1) is 11.7. The molecule has 1 heterocycles. The lowest BCUT2D eigenvalue weighted by Gasteiger charge is -2.37. The molecule has 25 heavy (non-hydrogen) atoms. The van der Waals surface area contributed by atoms with Gasteiger partial charge in [-0.15, -0.1) is 11.6 Å². The third-order valence-electron chi connectivity index (χ3n) is 3.86. The van der Waals surface area contributed by atoms with Crippen LogP contribution >= 0.6 is 11.6 Å². The van der Waals surface area contributed by atoms with Gasteiger partial charge in [-0.05, 0) is 51.5 Å². The predicted molar refractivity (Wildman–Crippen MR) is 103 cm³/mol. The number of aliphatic imine (C=N–C) groups is 1. The van der Waals surface area contributed by atoms with E-state index in [2.05, 4.69) is 9.89 Å². The van der Waals surface area contributed by atoms with Gasteiger partial charge in [0, 0.05) is 31.9 Å². The minimum Gasteiger partial charge on any atom is -0.444 e. The van der Waals surface area contributed by atoms with Gasteiger partial charge in [0.15, 0.2) is 0 Å². The molecular weight excluding hydrogens is 340 g/mol. The Morgan fingerprint density at radius 3 is 2.44 bits per heavy atom. The SMILES string of the molecule is Cc1cc(N=C(N)CCl)ccc1N1CCN(C(=O)OC(C)(C)C)CC1. The molecule has 1 amide bonds. The highest BCUT2D eigenvalue weighted by molar-refractivity contribution is 6.28. The Kier molecular flexibility index (Phi) is 6.16. The lowest BCUT2D eigenvalue weighted by Crippen LogP contribution is -2.50. The van der Waals surface area contributed by atoms with Gasteiger partial charge in [0.2, 0.25) is 0 Å². The van der Waals surface area contributed by atoms with Crippen LogP contribution in [0, 0.1) is 6.92 Å². The van der Waals surface area contributed by atoms with Crippen LogP contribution in [0.5, 0.6) is 0 Å². The number of amides is 1. The van der Waals surface area contributed by atoms with E-state index >= 15 is 0 Å². The molecule has 0 aromatic heterocycles. The van der Waals surface area contributed by atoms with Gasteiger partial charge in [-0.2, -0.15) is 0 Å². The summed E-state index contributed by atoms with van der Waals surface area (Å²) in [7, 11) is 0. The van der Waals surface area contributed by atoms with Crippen molar-refractivity contribution in [3.05, 3.63) is 23.8 Å². The Morgan fingerprint density at radius 2 is 1.92 bits per heavy atom. The van der Waals surface area contributed by atoms with Gasteiger partial charge < -0.3 is 20.3 Å². The molecule has 1 fully saturated rings. The molecule has 0 aliphatic carbocycles. The minimum atomic E-state index is -0.466. The third-order valence-corrected chi connectivity index (χ3v) is 4.14. The Hall–Kier alpha value is -1.95. The molecule has 1 aliphatic rings. The van der Waals surface area contributed by atoms with E-state index in [4.69, 9.17) is 22.1 Å². The normalized spacial score (nSPS) is 16.1. The lowest BCUT2D eigenvalue weighted by molar-refractivity contribution is 0.0240. The van der Waals surface area contributed by atoms with Crippen molar-refractivity contribution in [2.24, 2.45) is 10.7 Å². The van der Waals surface area contributed by atoms with Crippen LogP contribution in [0.4, 0.5) is 16.2 Å². The number of hydrogen-bond donors (Lipinski definition) is 1. The molecular formula is C18H27ClN4O2. The molecule has 1 aromatic carbocycles. The van der Waals surface area contributed by atoms with Crippen LogP contribution in [-0.2, 0) is 4.74 Å². The Balaban J connectivity index is 2.00. The second-order valence-electron chi connectivity index (χ2n) is 7.16. The summed E-state index contributed by atoms with van der Waals surface area (Å²) in [5.41, 5.74) is 8.28. The predicted octanol–water partition coefficient (Wildman–Crippen LogP) is 3.28. The summed E-state index contributed by atoms with van der Waals surface area (Å²) in [6.45, 7) is 10.5. The second-order valence-corrected chi connectivity index (χ2v) is 7.43. The Bertz CT molecular complexity index is 647. The number of aryl methyl sites for hydroxylation is 1. The van der Waals surface area contributed by atoms with Crippen LogP contribution in [0.25, 0.3) is 0 Å². The molecule has 0 radical (unpaired) electrons. The number of hydrogen-bond acceptors (Lipinski definition) is 4. The summed E-state index contributed by atoms with van der Waals surface area (Å²) in [6.07, 6.45) is -0.245. The molecule has 1 aliphatic heterocycles. The van der Waals surface area contributed by atoms with Crippen molar-refractivity contribution >= 4 is 34.9 Å². The maximum atomic E-state index is 12.1. The number of nitrogens with two attached hydrogens (primary N) is 1. The quantitative estimate of drug-likeness (QED) is 0.506. The van der Waals surface area contributed by atoms with Gasteiger partial charge >= 0.3 is 6.09 Å². The zero-order valence-electron chi connectivity index (χ0n) is 15.4. The summed E-state index contributed by atoms with van der Waals surface area (Å²) in [4.78, 5) is 20.4. The van der Waals surface area contributed by atoms with Crippen molar-refractivity contribution in [3.63, 3.8) is 0 Å². The number of halogens is 1. The van der Waals surface area contributed by atoms with Crippen molar-refractivity contribution in [1.82, 2.24) is 4.90 Å². The largest absolute Gasteiger partial charge is 0.444 e. The van der Waals surface area contributed by atoms with E-state index in [0.29, 0.717) is 18.9 Å². The van der Waals surface area contributed by atoms with E-state index in [9.17, 15) is 4.79 Å². The number of piperazine rings is 1. The summed E-state index contributed by atoms with van der Waals surface area (Å²) in [5, 5.41) is 0.